The maximum absolute atomic E-state index is 5.79. The molecule has 0 saturated carbocycles. The molecule has 18 heavy (non-hydrogen) atoms. The summed E-state index contributed by atoms with van der Waals surface area (Å²) in [5.41, 5.74) is 0. The van der Waals surface area contributed by atoms with Crippen LogP contribution in [0.3, 0.4) is 0 Å². The molecule has 0 aromatic rings. The van der Waals surface area contributed by atoms with Gasteiger partial charge in [0, 0.05) is 6.54 Å². The van der Waals surface area contributed by atoms with Crippen molar-refractivity contribution in [2.45, 2.75) is 84.7 Å². The molecule has 2 heteroatoms. The van der Waals surface area contributed by atoms with E-state index in [0.717, 1.165) is 19.7 Å². The number of hydrogen-bond donors (Lipinski definition) is 1. The van der Waals surface area contributed by atoms with Gasteiger partial charge >= 0.3 is 0 Å². The molecule has 0 aromatic heterocycles. The first kappa shape index (κ1) is 17.9. The van der Waals surface area contributed by atoms with E-state index in [2.05, 4.69) is 26.1 Å². The molecule has 0 amide bonds. The predicted molar refractivity (Wildman–Crippen MR) is 81.2 cm³/mol. The molecule has 110 valence electrons. The van der Waals surface area contributed by atoms with Gasteiger partial charge in [-0.1, -0.05) is 58.8 Å². The molecule has 2 nitrogen and oxygen atoms in total. The van der Waals surface area contributed by atoms with Crippen LogP contribution in [0, 0.1) is 0 Å². The lowest BCUT2D eigenvalue weighted by Gasteiger charge is -2.13. The molecule has 0 radical (unpaired) electrons. The maximum atomic E-state index is 5.79. The van der Waals surface area contributed by atoms with E-state index >= 15 is 0 Å². The van der Waals surface area contributed by atoms with Crippen LogP contribution >= 0.6 is 0 Å². The Kier molecular flexibility index (Phi) is 14.9. The molecule has 0 aliphatic rings. The van der Waals surface area contributed by atoms with Gasteiger partial charge in [-0.15, -0.1) is 0 Å². The number of ether oxygens (including phenoxy) is 1. The van der Waals surface area contributed by atoms with Crippen LogP contribution in [0.4, 0.5) is 0 Å². The molecule has 0 spiro atoms. The third-order valence-electron chi connectivity index (χ3n) is 3.35. The van der Waals surface area contributed by atoms with Crippen molar-refractivity contribution in [3.63, 3.8) is 0 Å². The lowest BCUT2D eigenvalue weighted by Crippen LogP contribution is -2.23. The van der Waals surface area contributed by atoms with Gasteiger partial charge in [-0.3, -0.25) is 0 Å². The molecule has 0 fully saturated rings. The summed E-state index contributed by atoms with van der Waals surface area (Å²) in [5, 5.41) is 3.45. The van der Waals surface area contributed by atoms with E-state index in [1.165, 1.54) is 57.8 Å². The molecular formula is C16H35NO. The molecule has 0 saturated heterocycles. The molecule has 0 aliphatic carbocycles. The smallest absolute Gasteiger partial charge is 0.0594 e. The Bertz CT molecular complexity index is 150. The standard InChI is InChI=1S/C16H35NO/c1-4-6-8-10-12-16(3)18-15-14-17-13-11-9-7-5-2/h16-17H,4-15H2,1-3H3. The molecule has 0 aromatic carbocycles. The summed E-state index contributed by atoms with van der Waals surface area (Å²) in [6.45, 7) is 9.73. The Morgan fingerprint density at radius 3 is 2.17 bits per heavy atom. The summed E-state index contributed by atoms with van der Waals surface area (Å²) in [4.78, 5) is 0. The Balaban J connectivity index is 3.08. The van der Waals surface area contributed by atoms with Gasteiger partial charge in [0.05, 0.1) is 12.7 Å². The van der Waals surface area contributed by atoms with Crippen LogP contribution in [-0.2, 0) is 4.74 Å². The summed E-state index contributed by atoms with van der Waals surface area (Å²) in [5.74, 6) is 0. The first-order valence-electron chi connectivity index (χ1n) is 8.13. The highest BCUT2D eigenvalue weighted by atomic mass is 16.5. The molecule has 0 aliphatic heterocycles. The van der Waals surface area contributed by atoms with E-state index < -0.39 is 0 Å². The van der Waals surface area contributed by atoms with Crippen molar-refractivity contribution in [3.8, 4) is 0 Å². The van der Waals surface area contributed by atoms with Gasteiger partial charge in [-0.25, -0.2) is 0 Å². The second-order valence-electron chi connectivity index (χ2n) is 5.34. The zero-order valence-corrected chi connectivity index (χ0v) is 13.0. The molecule has 0 rings (SSSR count). The van der Waals surface area contributed by atoms with Crippen LogP contribution in [0.15, 0.2) is 0 Å². The van der Waals surface area contributed by atoms with E-state index in [9.17, 15) is 0 Å². The lowest BCUT2D eigenvalue weighted by atomic mass is 10.1. The largest absolute Gasteiger partial charge is 0.377 e. The van der Waals surface area contributed by atoms with Gasteiger partial charge in [0.25, 0.3) is 0 Å². The van der Waals surface area contributed by atoms with Gasteiger partial charge in [-0.2, -0.15) is 0 Å². The van der Waals surface area contributed by atoms with E-state index in [4.69, 9.17) is 4.74 Å². The number of nitrogens with one attached hydrogen (secondary N) is 1. The predicted octanol–water partition coefficient (Wildman–Crippen LogP) is 4.53. The topological polar surface area (TPSA) is 21.3 Å². The fourth-order valence-corrected chi connectivity index (χ4v) is 2.08. The van der Waals surface area contributed by atoms with Crippen molar-refractivity contribution >= 4 is 0 Å². The first-order chi connectivity index (χ1) is 8.81. The van der Waals surface area contributed by atoms with Crippen LogP contribution in [0.1, 0.15) is 78.6 Å². The SMILES string of the molecule is CCCCCCNCCOC(C)CCCCCC. The molecule has 1 atom stereocenters. The van der Waals surface area contributed by atoms with Crippen molar-refractivity contribution in [3.05, 3.63) is 0 Å². The minimum atomic E-state index is 0.434. The fourth-order valence-electron chi connectivity index (χ4n) is 2.08. The molecule has 1 N–H and O–H groups in total. The number of unbranched alkanes of at least 4 members (excludes halogenated alkanes) is 6. The Morgan fingerprint density at radius 1 is 0.833 bits per heavy atom. The van der Waals surface area contributed by atoms with Crippen LogP contribution < -0.4 is 5.32 Å². The Labute approximate surface area is 115 Å². The number of hydrogen-bond acceptors (Lipinski definition) is 2. The van der Waals surface area contributed by atoms with Crippen molar-refractivity contribution in [2.75, 3.05) is 19.7 Å². The lowest BCUT2D eigenvalue weighted by molar-refractivity contribution is 0.0604. The van der Waals surface area contributed by atoms with Gasteiger partial charge in [0.15, 0.2) is 0 Å². The summed E-state index contributed by atoms with van der Waals surface area (Å²) in [6, 6.07) is 0. The van der Waals surface area contributed by atoms with Crippen molar-refractivity contribution in [1.29, 1.82) is 0 Å². The Morgan fingerprint density at radius 2 is 1.50 bits per heavy atom. The van der Waals surface area contributed by atoms with Crippen LogP contribution in [0.2, 0.25) is 0 Å². The molecule has 0 bridgehead atoms. The minimum absolute atomic E-state index is 0.434. The zero-order valence-electron chi connectivity index (χ0n) is 13.0. The highest BCUT2D eigenvalue weighted by Gasteiger charge is 2.01. The average molecular weight is 257 g/mol. The molecular weight excluding hydrogens is 222 g/mol. The summed E-state index contributed by atoms with van der Waals surface area (Å²) >= 11 is 0. The number of rotatable bonds is 14. The van der Waals surface area contributed by atoms with Crippen molar-refractivity contribution in [1.82, 2.24) is 5.32 Å². The first-order valence-corrected chi connectivity index (χ1v) is 8.13. The van der Waals surface area contributed by atoms with Gasteiger partial charge in [0.2, 0.25) is 0 Å². The highest BCUT2D eigenvalue weighted by molar-refractivity contribution is 4.53. The van der Waals surface area contributed by atoms with E-state index in [0.29, 0.717) is 6.10 Å². The normalized spacial score (nSPS) is 12.8. The van der Waals surface area contributed by atoms with E-state index in [1.807, 2.05) is 0 Å². The van der Waals surface area contributed by atoms with E-state index in [-0.39, 0.29) is 0 Å². The fraction of sp³-hybridized carbons (Fsp3) is 1.00. The van der Waals surface area contributed by atoms with Gasteiger partial charge in [-0.05, 0) is 26.3 Å². The van der Waals surface area contributed by atoms with Crippen molar-refractivity contribution < 1.29 is 4.74 Å². The molecule has 0 heterocycles. The minimum Gasteiger partial charge on any atom is -0.377 e. The van der Waals surface area contributed by atoms with E-state index in [1.54, 1.807) is 0 Å². The highest BCUT2D eigenvalue weighted by Crippen LogP contribution is 2.07. The van der Waals surface area contributed by atoms with Crippen LogP contribution in [-0.4, -0.2) is 25.8 Å². The third kappa shape index (κ3) is 14.0. The second-order valence-corrected chi connectivity index (χ2v) is 5.34. The maximum Gasteiger partial charge on any atom is 0.0594 e. The summed E-state index contributed by atoms with van der Waals surface area (Å²) < 4.78 is 5.79. The van der Waals surface area contributed by atoms with Crippen LogP contribution in [0.5, 0.6) is 0 Å². The average Bonchev–Trinajstić information content (AvgIpc) is 2.38. The van der Waals surface area contributed by atoms with Crippen LogP contribution in [0.25, 0.3) is 0 Å². The Hall–Kier alpha value is -0.0800. The quantitative estimate of drug-likeness (QED) is 0.462. The monoisotopic (exact) mass is 257 g/mol. The van der Waals surface area contributed by atoms with Gasteiger partial charge < -0.3 is 10.1 Å². The molecule has 1 unspecified atom stereocenters. The third-order valence-corrected chi connectivity index (χ3v) is 3.35. The van der Waals surface area contributed by atoms with Crippen molar-refractivity contribution in [2.24, 2.45) is 0 Å². The zero-order chi connectivity index (χ0) is 13.5. The summed E-state index contributed by atoms with van der Waals surface area (Å²) in [6.07, 6.45) is 12.4. The second kappa shape index (κ2) is 15.0. The van der Waals surface area contributed by atoms with Gasteiger partial charge in [0.1, 0.15) is 0 Å². The summed E-state index contributed by atoms with van der Waals surface area (Å²) in [7, 11) is 0.